The number of nitrogens with one attached hydrogen (secondary N) is 2. The van der Waals surface area contributed by atoms with Crippen LogP contribution in [0.3, 0.4) is 0 Å². The smallest absolute Gasteiger partial charge is 0.275 e. The second kappa shape index (κ2) is 5.43. The third-order valence-electron chi connectivity index (χ3n) is 2.67. The Morgan fingerprint density at radius 2 is 2.10 bits per heavy atom. The number of benzene rings is 1. The molecular formula is C13H15N5O2. The highest BCUT2D eigenvalue weighted by Crippen LogP contribution is 2.14. The summed E-state index contributed by atoms with van der Waals surface area (Å²) in [5.74, 6) is -0.545. The van der Waals surface area contributed by atoms with Crippen molar-refractivity contribution in [3.8, 4) is 0 Å². The zero-order valence-electron chi connectivity index (χ0n) is 11.2. The van der Waals surface area contributed by atoms with Gasteiger partial charge in [0.25, 0.3) is 11.8 Å². The van der Waals surface area contributed by atoms with E-state index in [4.69, 9.17) is 5.73 Å². The van der Waals surface area contributed by atoms with Crippen LogP contribution in [-0.2, 0) is 0 Å². The molecule has 7 nitrogen and oxygen atoms in total. The van der Waals surface area contributed by atoms with Crippen molar-refractivity contribution in [3.63, 3.8) is 0 Å². The molecule has 20 heavy (non-hydrogen) atoms. The van der Waals surface area contributed by atoms with Gasteiger partial charge in [-0.05, 0) is 18.2 Å². The van der Waals surface area contributed by atoms with E-state index in [1.165, 1.54) is 11.1 Å². The van der Waals surface area contributed by atoms with Gasteiger partial charge >= 0.3 is 0 Å². The third kappa shape index (κ3) is 2.77. The lowest BCUT2D eigenvalue weighted by atomic mass is 10.2. The number of amides is 2. The van der Waals surface area contributed by atoms with Crippen molar-refractivity contribution in [2.45, 2.75) is 0 Å². The van der Waals surface area contributed by atoms with Gasteiger partial charge in [0, 0.05) is 25.3 Å². The minimum atomic E-state index is -0.408. The molecule has 2 rings (SSSR count). The summed E-state index contributed by atoms with van der Waals surface area (Å²) in [6, 6.07) is 6.68. The zero-order chi connectivity index (χ0) is 14.7. The maximum atomic E-state index is 12.0. The minimum Gasteiger partial charge on any atom is -0.396 e. The second-order valence-electron chi connectivity index (χ2n) is 4.43. The average Bonchev–Trinajstić information content (AvgIpc) is 2.84. The summed E-state index contributed by atoms with van der Waals surface area (Å²) in [5, 5.41) is 8.86. The van der Waals surface area contributed by atoms with E-state index in [9.17, 15) is 9.59 Å². The first-order valence-electron chi connectivity index (χ1n) is 5.91. The second-order valence-corrected chi connectivity index (χ2v) is 4.43. The largest absolute Gasteiger partial charge is 0.396 e. The Balaban J connectivity index is 2.18. The molecule has 0 aliphatic heterocycles. The molecule has 2 amide bonds. The highest BCUT2D eigenvalue weighted by Gasteiger charge is 2.13. The van der Waals surface area contributed by atoms with Crippen LogP contribution in [0.4, 0.5) is 11.4 Å². The molecule has 1 aromatic carbocycles. The van der Waals surface area contributed by atoms with E-state index in [1.807, 2.05) is 0 Å². The lowest BCUT2D eigenvalue weighted by molar-refractivity contribution is 0.0827. The van der Waals surface area contributed by atoms with Crippen molar-refractivity contribution in [2.24, 2.45) is 0 Å². The number of nitrogens with zero attached hydrogens (tertiary/aromatic N) is 2. The van der Waals surface area contributed by atoms with Gasteiger partial charge in [0.1, 0.15) is 5.69 Å². The lowest BCUT2D eigenvalue weighted by Crippen LogP contribution is -2.22. The fourth-order valence-corrected chi connectivity index (χ4v) is 1.66. The van der Waals surface area contributed by atoms with Crippen LogP contribution in [0, 0.1) is 0 Å². The molecule has 0 saturated heterocycles. The SMILES string of the molecule is CN(C)C(=O)c1cccc(NC(=O)c2[nH]ncc2N)c1. The van der Waals surface area contributed by atoms with Gasteiger partial charge in [-0.15, -0.1) is 0 Å². The van der Waals surface area contributed by atoms with Crippen molar-refractivity contribution in [2.75, 3.05) is 25.1 Å². The van der Waals surface area contributed by atoms with Gasteiger partial charge in [-0.25, -0.2) is 0 Å². The Hall–Kier alpha value is -2.83. The maximum Gasteiger partial charge on any atom is 0.275 e. The van der Waals surface area contributed by atoms with E-state index in [-0.39, 0.29) is 17.3 Å². The van der Waals surface area contributed by atoms with Gasteiger partial charge in [-0.1, -0.05) is 6.07 Å². The van der Waals surface area contributed by atoms with Crippen LogP contribution in [0.1, 0.15) is 20.8 Å². The first-order chi connectivity index (χ1) is 9.49. The van der Waals surface area contributed by atoms with E-state index in [0.717, 1.165) is 0 Å². The van der Waals surface area contributed by atoms with Gasteiger partial charge in [0.15, 0.2) is 0 Å². The summed E-state index contributed by atoms with van der Waals surface area (Å²) >= 11 is 0. The molecule has 0 fully saturated rings. The van der Waals surface area contributed by atoms with E-state index in [2.05, 4.69) is 15.5 Å². The number of rotatable bonds is 3. The molecule has 1 heterocycles. The first-order valence-corrected chi connectivity index (χ1v) is 5.91. The van der Waals surface area contributed by atoms with Gasteiger partial charge in [-0.2, -0.15) is 5.10 Å². The molecule has 0 radical (unpaired) electrons. The average molecular weight is 273 g/mol. The minimum absolute atomic E-state index is 0.137. The number of hydrogen-bond donors (Lipinski definition) is 3. The summed E-state index contributed by atoms with van der Waals surface area (Å²) in [6.07, 6.45) is 1.36. The fraction of sp³-hybridized carbons (Fsp3) is 0.154. The number of hydrogen-bond acceptors (Lipinski definition) is 4. The Labute approximate surface area is 115 Å². The van der Waals surface area contributed by atoms with Crippen LogP contribution in [0.5, 0.6) is 0 Å². The molecule has 2 aromatic rings. The van der Waals surface area contributed by atoms with Gasteiger partial charge in [0.2, 0.25) is 0 Å². The van der Waals surface area contributed by atoms with Gasteiger partial charge in [0.05, 0.1) is 11.9 Å². The lowest BCUT2D eigenvalue weighted by Gasteiger charge is -2.11. The van der Waals surface area contributed by atoms with Crippen LogP contribution >= 0.6 is 0 Å². The fourth-order valence-electron chi connectivity index (χ4n) is 1.66. The zero-order valence-corrected chi connectivity index (χ0v) is 11.2. The molecule has 1 aromatic heterocycles. The van der Waals surface area contributed by atoms with E-state index in [1.54, 1.807) is 38.4 Å². The Bertz CT molecular complexity index is 648. The van der Waals surface area contributed by atoms with Crippen LogP contribution in [0.2, 0.25) is 0 Å². The number of nitrogen functional groups attached to an aromatic ring is 1. The van der Waals surface area contributed by atoms with Crippen molar-refractivity contribution in [1.82, 2.24) is 15.1 Å². The normalized spacial score (nSPS) is 10.1. The number of carbonyl (C=O) groups excluding carboxylic acids is 2. The molecule has 0 unspecified atom stereocenters. The van der Waals surface area contributed by atoms with Gasteiger partial charge < -0.3 is 16.0 Å². The summed E-state index contributed by atoms with van der Waals surface area (Å²) in [4.78, 5) is 25.3. The van der Waals surface area contributed by atoms with Crippen LogP contribution in [0.25, 0.3) is 0 Å². The topological polar surface area (TPSA) is 104 Å². The highest BCUT2D eigenvalue weighted by atomic mass is 16.2. The quantitative estimate of drug-likeness (QED) is 0.774. The molecular weight excluding hydrogens is 258 g/mol. The number of carbonyl (C=O) groups is 2. The summed E-state index contributed by atoms with van der Waals surface area (Å²) in [7, 11) is 3.33. The van der Waals surface area contributed by atoms with Crippen molar-refractivity contribution in [3.05, 3.63) is 41.7 Å². The third-order valence-corrected chi connectivity index (χ3v) is 2.67. The predicted molar refractivity (Wildman–Crippen MR) is 75.4 cm³/mol. The Morgan fingerprint density at radius 3 is 2.70 bits per heavy atom. The molecule has 4 N–H and O–H groups in total. The molecule has 0 atom stereocenters. The van der Waals surface area contributed by atoms with E-state index >= 15 is 0 Å². The molecule has 104 valence electrons. The number of aromatic amines is 1. The number of nitrogens with two attached hydrogens (primary N) is 1. The number of anilines is 2. The standard InChI is InChI=1S/C13H15N5O2/c1-18(2)13(20)8-4-3-5-9(6-8)16-12(19)11-10(14)7-15-17-11/h3-7H,14H2,1-2H3,(H,15,17)(H,16,19). The monoisotopic (exact) mass is 273 g/mol. The van der Waals surface area contributed by atoms with Crippen LogP contribution in [-0.4, -0.2) is 41.0 Å². The molecule has 0 saturated carbocycles. The Morgan fingerprint density at radius 1 is 1.35 bits per heavy atom. The molecule has 0 bridgehead atoms. The number of aromatic nitrogens is 2. The highest BCUT2D eigenvalue weighted by molar-refractivity contribution is 6.06. The van der Waals surface area contributed by atoms with Crippen molar-refractivity contribution in [1.29, 1.82) is 0 Å². The summed E-state index contributed by atoms with van der Waals surface area (Å²) in [5.41, 5.74) is 7.06. The summed E-state index contributed by atoms with van der Waals surface area (Å²) in [6.45, 7) is 0. The Kier molecular flexibility index (Phi) is 3.69. The molecule has 7 heteroatoms. The number of H-pyrrole nitrogens is 1. The van der Waals surface area contributed by atoms with E-state index < -0.39 is 5.91 Å². The van der Waals surface area contributed by atoms with Crippen LogP contribution in [0.15, 0.2) is 30.5 Å². The predicted octanol–water partition coefficient (Wildman–Crippen LogP) is 0.946. The first kappa shape index (κ1) is 13.6. The van der Waals surface area contributed by atoms with E-state index in [0.29, 0.717) is 11.3 Å². The van der Waals surface area contributed by atoms with Crippen LogP contribution < -0.4 is 11.1 Å². The molecule has 0 aliphatic rings. The maximum absolute atomic E-state index is 12.0. The van der Waals surface area contributed by atoms with Crippen molar-refractivity contribution >= 4 is 23.2 Å². The summed E-state index contributed by atoms with van der Waals surface area (Å²) < 4.78 is 0. The van der Waals surface area contributed by atoms with Crippen molar-refractivity contribution < 1.29 is 9.59 Å². The van der Waals surface area contributed by atoms with Gasteiger partial charge in [-0.3, -0.25) is 14.7 Å². The molecule has 0 spiro atoms. The molecule has 0 aliphatic carbocycles.